The van der Waals surface area contributed by atoms with Crippen LogP contribution in [0.1, 0.15) is 38.5 Å². The van der Waals surface area contributed by atoms with Crippen LogP contribution >= 0.6 is 11.6 Å². The topological polar surface area (TPSA) is 40.9 Å². The van der Waals surface area contributed by atoms with Crippen molar-refractivity contribution in [1.29, 1.82) is 5.26 Å². The molecule has 0 aromatic rings. The first kappa shape index (κ1) is 9.98. The summed E-state index contributed by atoms with van der Waals surface area (Å²) < 4.78 is 0. The summed E-state index contributed by atoms with van der Waals surface area (Å²) in [6.07, 6.45) is 6.63. The molecule has 0 bridgehead atoms. The number of carbonyl (C=O) groups is 1. The molecule has 2 rings (SSSR count). The van der Waals surface area contributed by atoms with Gasteiger partial charge in [-0.05, 0) is 25.2 Å². The van der Waals surface area contributed by atoms with Crippen molar-refractivity contribution in [2.45, 2.75) is 43.4 Å². The van der Waals surface area contributed by atoms with Crippen molar-refractivity contribution in [1.82, 2.24) is 0 Å². The molecule has 0 aromatic carbocycles. The third-order valence-electron chi connectivity index (χ3n) is 3.62. The summed E-state index contributed by atoms with van der Waals surface area (Å²) in [6, 6.07) is 1.91. The lowest BCUT2D eigenvalue weighted by Gasteiger charge is -2.41. The highest BCUT2D eigenvalue weighted by Crippen LogP contribution is 2.46. The quantitative estimate of drug-likeness (QED) is 0.626. The van der Waals surface area contributed by atoms with Gasteiger partial charge >= 0.3 is 0 Å². The highest BCUT2D eigenvalue weighted by molar-refractivity contribution is 6.40. The maximum atomic E-state index is 11.7. The van der Waals surface area contributed by atoms with Crippen molar-refractivity contribution in [3.8, 4) is 6.07 Å². The van der Waals surface area contributed by atoms with E-state index in [1.54, 1.807) is 0 Å². The van der Waals surface area contributed by atoms with E-state index in [0.29, 0.717) is 12.3 Å². The third kappa shape index (κ3) is 1.44. The minimum Gasteiger partial charge on any atom is -0.296 e. The maximum Gasteiger partial charge on any atom is 0.189 e. The monoisotopic (exact) mass is 211 g/mol. The number of carbonyl (C=O) groups excluding carboxylic acids is 1. The summed E-state index contributed by atoms with van der Waals surface area (Å²) in [7, 11) is 0. The van der Waals surface area contributed by atoms with E-state index in [1.807, 2.05) is 6.07 Å². The van der Waals surface area contributed by atoms with Gasteiger partial charge in [-0.25, -0.2) is 0 Å². The van der Waals surface area contributed by atoms with Gasteiger partial charge in [0.2, 0.25) is 0 Å². The molecule has 3 heteroatoms. The molecule has 0 amide bonds. The van der Waals surface area contributed by atoms with Gasteiger partial charge in [0, 0.05) is 5.92 Å². The average Bonchev–Trinajstić information content (AvgIpc) is 2.26. The SMILES string of the molecule is N#CC1(Cl)CC(C2CCCCC2)C1=O. The molecule has 2 atom stereocenters. The molecule has 76 valence electrons. The highest BCUT2D eigenvalue weighted by atomic mass is 35.5. The molecule has 0 N–H and O–H groups in total. The number of alkyl halides is 1. The molecule has 2 nitrogen and oxygen atoms in total. The van der Waals surface area contributed by atoms with Crippen LogP contribution in [-0.2, 0) is 4.79 Å². The van der Waals surface area contributed by atoms with Crippen molar-refractivity contribution < 1.29 is 4.79 Å². The lowest BCUT2D eigenvalue weighted by atomic mass is 9.64. The van der Waals surface area contributed by atoms with Crippen LogP contribution in [0.4, 0.5) is 0 Å². The molecule has 0 saturated heterocycles. The van der Waals surface area contributed by atoms with E-state index in [9.17, 15) is 4.79 Å². The Kier molecular flexibility index (Phi) is 2.53. The number of rotatable bonds is 1. The molecule has 0 aromatic heterocycles. The van der Waals surface area contributed by atoms with Gasteiger partial charge in [0.05, 0.1) is 6.07 Å². The maximum absolute atomic E-state index is 11.7. The van der Waals surface area contributed by atoms with Gasteiger partial charge in [-0.2, -0.15) is 5.26 Å². The van der Waals surface area contributed by atoms with Gasteiger partial charge in [0.15, 0.2) is 10.7 Å². The van der Waals surface area contributed by atoms with Gasteiger partial charge in [0.25, 0.3) is 0 Å². The van der Waals surface area contributed by atoms with Gasteiger partial charge in [-0.15, -0.1) is 0 Å². The van der Waals surface area contributed by atoms with Gasteiger partial charge in [-0.1, -0.05) is 30.9 Å². The van der Waals surface area contributed by atoms with Crippen molar-refractivity contribution in [3.05, 3.63) is 0 Å². The minimum atomic E-state index is -1.16. The van der Waals surface area contributed by atoms with E-state index in [0.717, 1.165) is 12.8 Å². The minimum absolute atomic E-state index is 0.0198. The van der Waals surface area contributed by atoms with Crippen molar-refractivity contribution in [2.24, 2.45) is 11.8 Å². The molecular weight excluding hydrogens is 198 g/mol. The Bertz CT molecular complexity index is 290. The first-order valence-corrected chi connectivity index (χ1v) is 5.69. The van der Waals surface area contributed by atoms with E-state index in [2.05, 4.69) is 0 Å². The summed E-state index contributed by atoms with van der Waals surface area (Å²) in [5, 5.41) is 8.73. The Hall–Kier alpha value is -0.550. The van der Waals surface area contributed by atoms with Crippen LogP contribution in [0.15, 0.2) is 0 Å². The number of hydrogen-bond acceptors (Lipinski definition) is 2. The second-order valence-corrected chi connectivity index (χ2v) is 5.13. The molecule has 2 aliphatic carbocycles. The lowest BCUT2D eigenvalue weighted by Crippen LogP contribution is -2.52. The molecule has 14 heavy (non-hydrogen) atoms. The zero-order chi connectivity index (χ0) is 10.2. The summed E-state index contributed by atoms with van der Waals surface area (Å²) in [4.78, 5) is 10.5. The summed E-state index contributed by atoms with van der Waals surface area (Å²) in [5.41, 5.74) is 0. The average molecular weight is 212 g/mol. The number of nitriles is 1. The molecule has 0 heterocycles. The van der Waals surface area contributed by atoms with Crippen LogP contribution in [0.25, 0.3) is 0 Å². The molecule has 2 unspecified atom stereocenters. The number of ketones is 1. The fraction of sp³-hybridized carbons (Fsp3) is 0.818. The first-order valence-electron chi connectivity index (χ1n) is 5.32. The Balaban J connectivity index is 1.97. The molecule has 0 radical (unpaired) electrons. The molecule has 0 aliphatic heterocycles. The largest absolute Gasteiger partial charge is 0.296 e. The Morgan fingerprint density at radius 2 is 2.00 bits per heavy atom. The Morgan fingerprint density at radius 1 is 1.36 bits per heavy atom. The van der Waals surface area contributed by atoms with Crippen LogP contribution in [0.5, 0.6) is 0 Å². The number of Topliss-reactive ketones (excluding diaryl/α,β-unsaturated/α-hetero) is 1. The molecule has 0 spiro atoms. The fourth-order valence-electron chi connectivity index (χ4n) is 2.68. The van der Waals surface area contributed by atoms with Gasteiger partial charge < -0.3 is 0 Å². The van der Waals surface area contributed by atoms with Crippen LogP contribution in [-0.4, -0.2) is 10.7 Å². The second-order valence-electron chi connectivity index (χ2n) is 4.49. The van der Waals surface area contributed by atoms with E-state index in [1.165, 1.54) is 19.3 Å². The van der Waals surface area contributed by atoms with E-state index in [4.69, 9.17) is 16.9 Å². The smallest absolute Gasteiger partial charge is 0.189 e. The summed E-state index contributed by atoms with van der Waals surface area (Å²) >= 11 is 5.85. The van der Waals surface area contributed by atoms with E-state index >= 15 is 0 Å². The van der Waals surface area contributed by atoms with Crippen LogP contribution < -0.4 is 0 Å². The normalized spacial score (nSPS) is 38.9. The zero-order valence-corrected chi connectivity index (χ0v) is 8.89. The van der Waals surface area contributed by atoms with E-state index < -0.39 is 4.87 Å². The standard InChI is InChI=1S/C11H14ClNO/c12-11(7-13)6-9(10(11)14)8-4-2-1-3-5-8/h8-9H,1-6H2. The van der Waals surface area contributed by atoms with Crippen molar-refractivity contribution >= 4 is 17.4 Å². The third-order valence-corrected chi connectivity index (χ3v) is 4.05. The number of nitrogens with zero attached hydrogens (tertiary/aromatic N) is 1. The predicted octanol–water partition coefficient (Wildman–Crippen LogP) is 2.66. The van der Waals surface area contributed by atoms with Gasteiger partial charge in [-0.3, -0.25) is 4.79 Å². The number of hydrogen-bond donors (Lipinski definition) is 0. The summed E-state index contributed by atoms with van der Waals surface area (Å²) in [5.74, 6) is 0.581. The first-order chi connectivity index (χ1) is 6.67. The lowest BCUT2D eigenvalue weighted by molar-refractivity contribution is -0.134. The molecule has 2 fully saturated rings. The highest BCUT2D eigenvalue weighted by Gasteiger charge is 2.55. The Morgan fingerprint density at radius 3 is 2.50 bits per heavy atom. The van der Waals surface area contributed by atoms with Crippen molar-refractivity contribution in [3.63, 3.8) is 0 Å². The molecule has 2 aliphatic rings. The van der Waals surface area contributed by atoms with Gasteiger partial charge in [0.1, 0.15) is 0 Å². The van der Waals surface area contributed by atoms with Crippen LogP contribution in [0, 0.1) is 23.2 Å². The molecule has 2 saturated carbocycles. The Labute approximate surface area is 89.2 Å². The predicted molar refractivity (Wildman–Crippen MR) is 53.9 cm³/mol. The van der Waals surface area contributed by atoms with Crippen molar-refractivity contribution in [2.75, 3.05) is 0 Å². The second kappa shape index (κ2) is 3.55. The van der Waals surface area contributed by atoms with Crippen LogP contribution in [0.3, 0.4) is 0 Å². The zero-order valence-electron chi connectivity index (χ0n) is 8.13. The van der Waals surface area contributed by atoms with E-state index in [-0.39, 0.29) is 11.7 Å². The van der Waals surface area contributed by atoms with Crippen LogP contribution in [0.2, 0.25) is 0 Å². The molecular formula is C11H14ClNO. The fourth-order valence-corrected chi connectivity index (χ4v) is 2.98. The summed E-state index contributed by atoms with van der Waals surface area (Å²) in [6.45, 7) is 0. The number of halogens is 1.